The highest BCUT2D eigenvalue weighted by atomic mass is 16.1. The van der Waals surface area contributed by atoms with Gasteiger partial charge >= 0.3 is 0 Å². The molecule has 3 N–H and O–H groups in total. The van der Waals surface area contributed by atoms with Gasteiger partial charge in [-0.25, -0.2) is 15.0 Å². The number of aromatic nitrogens is 4. The number of carbonyl (C=O) groups excluding carboxylic acids is 1. The van der Waals surface area contributed by atoms with Crippen LogP contribution in [0.5, 0.6) is 0 Å². The number of nitriles is 1. The van der Waals surface area contributed by atoms with Gasteiger partial charge < -0.3 is 11.1 Å². The molecule has 4 heterocycles. The molecule has 3 aromatic heterocycles. The number of piperidine rings is 1. The van der Waals surface area contributed by atoms with E-state index in [9.17, 15) is 10.1 Å². The lowest BCUT2D eigenvalue weighted by Crippen LogP contribution is -2.44. The van der Waals surface area contributed by atoms with Crippen LogP contribution in [0.15, 0.2) is 109 Å². The Morgan fingerprint density at radius 1 is 0.891 bits per heavy atom. The van der Waals surface area contributed by atoms with E-state index >= 15 is 0 Å². The van der Waals surface area contributed by atoms with Crippen LogP contribution in [0.2, 0.25) is 0 Å². The number of pyridine rings is 2. The van der Waals surface area contributed by atoms with Gasteiger partial charge in [-0.2, -0.15) is 5.26 Å². The number of likely N-dealkylation sites (tertiary alicyclic amines) is 1. The fraction of sp³-hybridized carbons (Fsp3) is 0.162. The third-order valence-corrected chi connectivity index (χ3v) is 8.47. The molecule has 1 saturated heterocycles. The Morgan fingerprint density at radius 2 is 1.65 bits per heavy atom. The summed E-state index contributed by atoms with van der Waals surface area (Å²) in [6, 6.07) is 35.5. The molecule has 0 atom stereocenters. The van der Waals surface area contributed by atoms with Gasteiger partial charge in [0.2, 0.25) is 0 Å². The van der Waals surface area contributed by atoms with Crippen LogP contribution in [0.3, 0.4) is 0 Å². The summed E-state index contributed by atoms with van der Waals surface area (Å²) in [5, 5.41) is 12.5. The molecule has 1 aliphatic rings. The van der Waals surface area contributed by atoms with Crippen LogP contribution >= 0.6 is 0 Å². The minimum absolute atomic E-state index is 0.0824. The Kier molecular flexibility index (Phi) is 7.94. The Morgan fingerprint density at radius 3 is 2.41 bits per heavy atom. The van der Waals surface area contributed by atoms with E-state index in [0.29, 0.717) is 22.8 Å². The van der Waals surface area contributed by atoms with Crippen molar-refractivity contribution in [2.24, 2.45) is 0 Å². The average molecular weight is 605 g/mol. The fourth-order valence-corrected chi connectivity index (χ4v) is 6.04. The van der Waals surface area contributed by atoms with Gasteiger partial charge in [0, 0.05) is 43.1 Å². The summed E-state index contributed by atoms with van der Waals surface area (Å²) in [5.74, 6) is 0.913. The number of nitrogens with two attached hydrogens (primary N) is 1. The standard InChI is InChI=1S/C37H32N8O/c38-23-27-9-4-5-10-30(27)37(46)41-28-18-21-44(22-19-28)24-25-12-14-29(15-13-25)45-35(31-11-6-20-40-34(31)39)43-33-17-16-32(42-36(33)45)26-7-2-1-3-8-26/h1-17,20,28H,18-19,21-22,24H2,(H2,39,40)(H,41,46). The second-order valence-corrected chi connectivity index (χ2v) is 11.5. The number of fused-ring (bicyclic) bond motifs is 1. The Hall–Kier alpha value is -5.85. The van der Waals surface area contributed by atoms with Crippen LogP contribution in [0, 0.1) is 11.3 Å². The zero-order valence-electron chi connectivity index (χ0n) is 25.2. The number of rotatable bonds is 7. The summed E-state index contributed by atoms with van der Waals surface area (Å²) in [4.78, 5) is 29.5. The number of amides is 1. The molecule has 0 bridgehead atoms. The number of nitrogens with one attached hydrogen (secondary N) is 1. The number of imidazole rings is 1. The first-order chi connectivity index (χ1) is 22.6. The molecule has 1 fully saturated rings. The molecule has 9 nitrogen and oxygen atoms in total. The summed E-state index contributed by atoms with van der Waals surface area (Å²) in [5.41, 5.74) is 13.4. The molecule has 6 aromatic rings. The minimum atomic E-state index is -0.184. The molecular formula is C37H32N8O. The molecule has 0 spiro atoms. The number of hydrogen-bond donors (Lipinski definition) is 2. The molecule has 0 unspecified atom stereocenters. The van der Waals surface area contributed by atoms with Crippen molar-refractivity contribution in [3.8, 4) is 34.4 Å². The van der Waals surface area contributed by atoms with E-state index < -0.39 is 0 Å². The Balaban J connectivity index is 1.10. The molecule has 3 aromatic carbocycles. The van der Waals surface area contributed by atoms with Gasteiger partial charge in [0.25, 0.3) is 5.91 Å². The average Bonchev–Trinajstić information content (AvgIpc) is 3.48. The van der Waals surface area contributed by atoms with Crippen LogP contribution in [0.25, 0.3) is 39.5 Å². The van der Waals surface area contributed by atoms with Crippen molar-refractivity contribution in [2.45, 2.75) is 25.4 Å². The first-order valence-electron chi connectivity index (χ1n) is 15.3. The molecule has 0 saturated carbocycles. The van der Waals surface area contributed by atoms with Crippen molar-refractivity contribution in [1.82, 2.24) is 29.7 Å². The molecule has 0 aliphatic carbocycles. The predicted octanol–water partition coefficient (Wildman–Crippen LogP) is 6.00. The summed E-state index contributed by atoms with van der Waals surface area (Å²) in [6.45, 7) is 2.55. The van der Waals surface area contributed by atoms with Crippen LogP contribution < -0.4 is 11.1 Å². The second kappa shape index (κ2) is 12.6. The maximum atomic E-state index is 12.8. The van der Waals surface area contributed by atoms with E-state index in [1.807, 2.05) is 54.6 Å². The summed E-state index contributed by atoms with van der Waals surface area (Å²) >= 11 is 0. The maximum absolute atomic E-state index is 12.8. The van der Waals surface area contributed by atoms with E-state index in [2.05, 4.69) is 50.1 Å². The van der Waals surface area contributed by atoms with Crippen molar-refractivity contribution >= 4 is 22.9 Å². The van der Waals surface area contributed by atoms with Crippen LogP contribution in [-0.2, 0) is 6.54 Å². The summed E-state index contributed by atoms with van der Waals surface area (Å²) in [7, 11) is 0. The highest BCUT2D eigenvalue weighted by Crippen LogP contribution is 2.32. The minimum Gasteiger partial charge on any atom is -0.383 e. The smallest absolute Gasteiger partial charge is 0.252 e. The van der Waals surface area contributed by atoms with E-state index in [1.54, 1.807) is 30.5 Å². The van der Waals surface area contributed by atoms with Crippen molar-refractivity contribution in [3.05, 3.63) is 126 Å². The first kappa shape index (κ1) is 28.9. The molecule has 1 amide bonds. The van der Waals surface area contributed by atoms with Gasteiger partial charge in [-0.05, 0) is 66.9 Å². The van der Waals surface area contributed by atoms with Crippen molar-refractivity contribution in [2.75, 3.05) is 18.8 Å². The lowest BCUT2D eigenvalue weighted by Gasteiger charge is -2.32. The zero-order chi connectivity index (χ0) is 31.5. The highest BCUT2D eigenvalue weighted by Gasteiger charge is 2.23. The number of benzene rings is 3. The van der Waals surface area contributed by atoms with Crippen LogP contribution in [0.1, 0.15) is 34.3 Å². The fourth-order valence-electron chi connectivity index (χ4n) is 6.04. The van der Waals surface area contributed by atoms with E-state index in [0.717, 1.165) is 66.1 Å². The second-order valence-electron chi connectivity index (χ2n) is 11.5. The molecule has 7 rings (SSSR count). The third-order valence-electron chi connectivity index (χ3n) is 8.47. The van der Waals surface area contributed by atoms with Crippen LogP contribution in [-0.4, -0.2) is 49.5 Å². The number of nitrogens with zero attached hydrogens (tertiary/aromatic N) is 6. The summed E-state index contributed by atoms with van der Waals surface area (Å²) in [6.07, 6.45) is 3.38. The SMILES string of the molecule is N#Cc1ccccc1C(=O)NC1CCN(Cc2ccc(-n3c(-c4cccnc4N)nc4ccc(-c5ccccc5)nc43)cc2)CC1. The maximum Gasteiger partial charge on any atom is 0.252 e. The zero-order valence-corrected chi connectivity index (χ0v) is 25.2. The molecule has 46 heavy (non-hydrogen) atoms. The number of carbonyl (C=O) groups is 1. The van der Waals surface area contributed by atoms with E-state index in [-0.39, 0.29) is 11.9 Å². The molecule has 0 radical (unpaired) electrons. The quantitative estimate of drug-likeness (QED) is 0.229. The number of anilines is 1. The van der Waals surface area contributed by atoms with Gasteiger partial charge in [0.1, 0.15) is 11.3 Å². The van der Waals surface area contributed by atoms with Crippen molar-refractivity contribution in [3.63, 3.8) is 0 Å². The van der Waals surface area contributed by atoms with Gasteiger partial charge in [-0.3, -0.25) is 14.3 Å². The number of nitrogen functional groups attached to an aromatic ring is 1. The molecular weight excluding hydrogens is 572 g/mol. The Labute approximate surface area is 267 Å². The van der Waals surface area contributed by atoms with E-state index in [1.165, 1.54) is 5.56 Å². The molecule has 9 heteroatoms. The largest absolute Gasteiger partial charge is 0.383 e. The van der Waals surface area contributed by atoms with Crippen molar-refractivity contribution < 1.29 is 4.79 Å². The predicted molar refractivity (Wildman–Crippen MR) is 179 cm³/mol. The highest BCUT2D eigenvalue weighted by molar-refractivity contribution is 5.96. The number of hydrogen-bond acceptors (Lipinski definition) is 7. The Bertz CT molecular complexity index is 2060. The lowest BCUT2D eigenvalue weighted by molar-refractivity contribution is 0.0908. The van der Waals surface area contributed by atoms with E-state index in [4.69, 9.17) is 15.7 Å². The summed E-state index contributed by atoms with van der Waals surface area (Å²) < 4.78 is 2.05. The third kappa shape index (κ3) is 5.82. The normalized spacial score (nSPS) is 13.8. The van der Waals surface area contributed by atoms with Gasteiger partial charge in [-0.15, -0.1) is 0 Å². The van der Waals surface area contributed by atoms with Gasteiger partial charge in [0.15, 0.2) is 11.5 Å². The topological polar surface area (TPSA) is 126 Å². The molecule has 226 valence electrons. The van der Waals surface area contributed by atoms with Crippen molar-refractivity contribution in [1.29, 1.82) is 5.26 Å². The van der Waals surface area contributed by atoms with Gasteiger partial charge in [0.05, 0.1) is 28.5 Å². The first-order valence-corrected chi connectivity index (χ1v) is 15.3. The van der Waals surface area contributed by atoms with Crippen LogP contribution in [0.4, 0.5) is 5.82 Å². The van der Waals surface area contributed by atoms with Gasteiger partial charge in [-0.1, -0.05) is 54.6 Å². The lowest BCUT2D eigenvalue weighted by atomic mass is 10.0. The monoisotopic (exact) mass is 604 g/mol. The molecule has 1 aliphatic heterocycles.